The highest BCUT2D eigenvalue weighted by atomic mass is 35.5. The van der Waals surface area contributed by atoms with Crippen molar-refractivity contribution in [2.24, 2.45) is 0 Å². The van der Waals surface area contributed by atoms with E-state index in [2.05, 4.69) is 10.1 Å². The summed E-state index contributed by atoms with van der Waals surface area (Å²) in [4.78, 5) is 25.5. The van der Waals surface area contributed by atoms with Crippen molar-refractivity contribution >= 4 is 23.2 Å². The van der Waals surface area contributed by atoms with Gasteiger partial charge in [0, 0.05) is 0 Å². The summed E-state index contributed by atoms with van der Waals surface area (Å²) in [7, 11) is 0. The first-order valence-corrected chi connectivity index (χ1v) is 8.91. The Bertz CT molecular complexity index is 1110. The number of aryl methyl sites for hydroxylation is 3. The zero-order valence-corrected chi connectivity index (χ0v) is 16.5. The highest BCUT2D eigenvalue weighted by Crippen LogP contribution is 2.37. The molecule has 0 aliphatic heterocycles. The summed E-state index contributed by atoms with van der Waals surface area (Å²) in [5, 5.41) is 4.60. The van der Waals surface area contributed by atoms with E-state index in [9.17, 15) is 9.59 Å². The van der Waals surface area contributed by atoms with Gasteiger partial charge in [0.1, 0.15) is 11.4 Å². The first kappa shape index (κ1) is 19.2. The van der Waals surface area contributed by atoms with Crippen molar-refractivity contribution in [3.63, 3.8) is 0 Å². The largest absolute Gasteiger partial charge is 0.454 e. The van der Waals surface area contributed by atoms with Gasteiger partial charge in [-0.3, -0.25) is 9.78 Å². The number of ether oxygens (including phenoxy) is 1. The highest BCUT2D eigenvalue weighted by molar-refractivity contribution is 6.37. The fraction of sp³-hybridized carbons (Fsp3) is 0.211. The van der Waals surface area contributed by atoms with Crippen molar-refractivity contribution in [2.45, 2.75) is 27.3 Å². The predicted octanol–water partition coefficient (Wildman–Crippen LogP) is 4.00. The number of benzene rings is 2. The smallest absolute Gasteiger partial charge is 0.345 e. The van der Waals surface area contributed by atoms with Gasteiger partial charge < -0.3 is 4.74 Å². The van der Waals surface area contributed by atoms with Crippen molar-refractivity contribution in [3.8, 4) is 11.5 Å². The lowest BCUT2D eigenvalue weighted by Crippen LogP contribution is -2.34. The molecule has 0 bridgehead atoms. The van der Waals surface area contributed by atoms with E-state index in [1.807, 2.05) is 32.0 Å². The first-order valence-electron chi connectivity index (χ1n) is 8.15. The summed E-state index contributed by atoms with van der Waals surface area (Å²) in [6.45, 7) is 5.64. The van der Waals surface area contributed by atoms with Gasteiger partial charge in [0.15, 0.2) is 5.75 Å². The number of H-pyrrole nitrogens is 1. The van der Waals surface area contributed by atoms with E-state index in [1.165, 1.54) is 6.92 Å². The number of hydrogen-bond donors (Lipinski definition) is 1. The molecule has 0 radical (unpaired) electrons. The van der Waals surface area contributed by atoms with Crippen LogP contribution in [-0.4, -0.2) is 14.8 Å². The van der Waals surface area contributed by atoms with Crippen LogP contribution in [0.2, 0.25) is 10.0 Å². The van der Waals surface area contributed by atoms with Crippen LogP contribution < -0.4 is 16.0 Å². The zero-order valence-electron chi connectivity index (χ0n) is 15.0. The average molecular weight is 406 g/mol. The maximum Gasteiger partial charge on any atom is 0.345 e. The van der Waals surface area contributed by atoms with Crippen LogP contribution in [0.4, 0.5) is 0 Å². The molecule has 3 rings (SSSR count). The molecule has 0 aliphatic carbocycles. The van der Waals surface area contributed by atoms with Crippen LogP contribution in [0.5, 0.6) is 11.5 Å². The summed E-state index contributed by atoms with van der Waals surface area (Å²) in [6.07, 6.45) is 0. The molecule has 3 aromatic rings. The van der Waals surface area contributed by atoms with Gasteiger partial charge in [-0.15, -0.1) is 0 Å². The molecule has 1 heterocycles. The molecule has 8 heteroatoms. The third-order valence-corrected chi connectivity index (χ3v) is 4.70. The summed E-state index contributed by atoms with van der Waals surface area (Å²) in [5.41, 5.74) is 1.98. The van der Waals surface area contributed by atoms with Gasteiger partial charge in [0.25, 0.3) is 5.56 Å². The third kappa shape index (κ3) is 4.23. The fourth-order valence-corrected chi connectivity index (χ4v) is 3.11. The zero-order chi connectivity index (χ0) is 19.7. The molecule has 0 aliphatic rings. The molecule has 6 nitrogen and oxygen atoms in total. The van der Waals surface area contributed by atoms with E-state index in [-0.39, 0.29) is 12.2 Å². The summed E-state index contributed by atoms with van der Waals surface area (Å²) >= 11 is 12.7. The fourth-order valence-electron chi connectivity index (χ4n) is 2.50. The Morgan fingerprint density at radius 2 is 1.70 bits per heavy atom. The number of halogens is 2. The molecule has 0 amide bonds. The van der Waals surface area contributed by atoms with Crippen molar-refractivity contribution in [3.05, 3.63) is 83.6 Å². The number of aromatic nitrogens is 3. The molecule has 0 saturated carbocycles. The molecule has 27 heavy (non-hydrogen) atoms. The maximum absolute atomic E-state index is 11.9. The second kappa shape index (κ2) is 7.58. The van der Waals surface area contributed by atoms with Crippen molar-refractivity contribution in [2.75, 3.05) is 0 Å². The second-order valence-electron chi connectivity index (χ2n) is 6.24. The van der Waals surface area contributed by atoms with Gasteiger partial charge in [0.2, 0.25) is 0 Å². The van der Waals surface area contributed by atoms with Crippen molar-refractivity contribution < 1.29 is 4.74 Å². The topological polar surface area (TPSA) is 77.0 Å². The van der Waals surface area contributed by atoms with Crippen LogP contribution in [0.3, 0.4) is 0 Å². The monoisotopic (exact) mass is 405 g/mol. The molecule has 1 aromatic heterocycles. The molecule has 2 aromatic carbocycles. The van der Waals surface area contributed by atoms with Crippen LogP contribution >= 0.6 is 23.2 Å². The maximum atomic E-state index is 11.9. The lowest BCUT2D eigenvalue weighted by atomic mass is 10.1. The van der Waals surface area contributed by atoms with E-state index in [1.54, 1.807) is 12.1 Å². The molecule has 0 saturated heterocycles. The predicted molar refractivity (Wildman–Crippen MR) is 105 cm³/mol. The van der Waals surface area contributed by atoms with Crippen molar-refractivity contribution in [1.82, 2.24) is 14.8 Å². The van der Waals surface area contributed by atoms with Gasteiger partial charge in [0.05, 0.1) is 16.6 Å². The van der Waals surface area contributed by atoms with Gasteiger partial charge in [-0.05, 0) is 61.7 Å². The Hall–Kier alpha value is -2.57. The van der Waals surface area contributed by atoms with Gasteiger partial charge >= 0.3 is 5.69 Å². The van der Waals surface area contributed by atoms with Crippen LogP contribution in [0.1, 0.15) is 22.4 Å². The Morgan fingerprint density at radius 3 is 2.33 bits per heavy atom. The van der Waals surface area contributed by atoms with E-state index in [4.69, 9.17) is 27.9 Å². The minimum absolute atomic E-state index is 0.111. The van der Waals surface area contributed by atoms with Crippen LogP contribution in [0.15, 0.2) is 39.9 Å². The molecule has 140 valence electrons. The molecular formula is C19H17Cl2N3O3. The number of aromatic amines is 1. The highest BCUT2D eigenvalue weighted by Gasteiger charge is 2.13. The van der Waals surface area contributed by atoms with E-state index >= 15 is 0 Å². The molecular weight excluding hydrogens is 389 g/mol. The van der Waals surface area contributed by atoms with Crippen molar-refractivity contribution in [1.29, 1.82) is 0 Å². The molecule has 0 spiro atoms. The standard InChI is InChI=1S/C19H17Cl2N3O3/c1-10-4-5-14(6-11(10)2)27-17-15(20)7-13(8-16(17)21)9-24-19(26)22-18(25)12(3)23-24/h4-8H,9H2,1-3H3,(H,22,25,26). The number of hydrogen-bond acceptors (Lipinski definition) is 4. The third-order valence-electron chi connectivity index (χ3n) is 4.14. The SMILES string of the molecule is Cc1ccc(Oc2c(Cl)cc(Cn3nc(C)c(=O)[nH]c3=O)cc2Cl)cc1C. The number of nitrogens with one attached hydrogen (secondary N) is 1. The Morgan fingerprint density at radius 1 is 1.04 bits per heavy atom. The van der Waals surface area contributed by atoms with Crippen LogP contribution in [-0.2, 0) is 6.54 Å². The molecule has 0 unspecified atom stereocenters. The summed E-state index contributed by atoms with van der Waals surface area (Å²) in [5.74, 6) is 0.965. The van der Waals surface area contributed by atoms with Gasteiger partial charge in [-0.25, -0.2) is 9.48 Å². The van der Waals surface area contributed by atoms with Gasteiger partial charge in [-0.1, -0.05) is 29.3 Å². The normalized spacial score (nSPS) is 10.9. The van der Waals surface area contributed by atoms with Crippen LogP contribution in [0.25, 0.3) is 0 Å². The molecule has 0 fully saturated rings. The Kier molecular flexibility index (Phi) is 5.39. The minimum atomic E-state index is -0.603. The molecule has 1 N–H and O–H groups in total. The Balaban J connectivity index is 1.91. The number of nitrogens with zero attached hydrogens (tertiary/aromatic N) is 2. The average Bonchev–Trinajstić information content (AvgIpc) is 2.59. The summed E-state index contributed by atoms with van der Waals surface area (Å²) in [6, 6.07) is 9.01. The lowest BCUT2D eigenvalue weighted by molar-refractivity contribution is 0.482. The van der Waals surface area contributed by atoms with E-state index in [0.717, 1.165) is 15.8 Å². The van der Waals surface area contributed by atoms with E-state index < -0.39 is 11.2 Å². The lowest BCUT2D eigenvalue weighted by Gasteiger charge is -2.13. The second-order valence-corrected chi connectivity index (χ2v) is 7.05. The first-order chi connectivity index (χ1) is 12.7. The Labute approximate surface area is 165 Å². The van der Waals surface area contributed by atoms with E-state index in [0.29, 0.717) is 27.1 Å². The summed E-state index contributed by atoms with van der Waals surface area (Å²) < 4.78 is 6.99. The van der Waals surface area contributed by atoms with Crippen LogP contribution in [0, 0.1) is 20.8 Å². The minimum Gasteiger partial charge on any atom is -0.454 e. The number of rotatable bonds is 4. The quantitative estimate of drug-likeness (QED) is 0.711. The van der Waals surface area contributed by atoms with Gasteiger partial charge in [-0.2, -0.15) is 5.10 Å². The molecule has 0 atom stereocenters.